The number of ether oxygens (including phenoxy) is 1. The summed E-state index contributed by atoms with van der Waals surface area (Å²) in [6, 6.07) is 11.8. The van der Waals surface area contributed by atoms with Crippen LogP contribution in [0.5, 0.6) is 5.75 Å². The SMILES string of the molecule is Fc1ccc(Cl)c(F)c1COc1c[c]ccc1. The van der Waals surface area contributed by atoms with Gasteiger partial charge in [-0.2, -0.15) is 0 Å². The van der Waals surface area contributed by atoms with E-state index in [0.29, 0.717) is 5.75 Å². The molecule has 0 unspecified atom stereocenters. The predicted octanol–water partition coefficient (Wildman–Crippen LogP) is 4.00. The Kier molecular flexibility index (Phi) is 3.59. The minimum atomic E-state index is -0.786. The van der Waals surface area contributed by atoms with Gasteiger partial charge < -0.3 is 4.74 Å². The molecule has 0 amide bonds. The van der Waals surface area contributed by atoms with Crippen LogP contribution in [0.2, 0.25) is 5.02 Å². The van der Waals surface area contributed by atoms with Crippen LogP contribution >= 0.6 is 11.6 Å². The van der Waals surface area contributed by atoms with E-state index in [4.69, 9.17) is 16.3 Å². The highest BCUT2D eigenvalue weighted by Gasteiger charge is 2.12. The van der Waals surface area contributed by atoms with Crippen molar-refractivity contribution in [3.05, 3.63) is 64.7 Å². The van der Waals surface area contributed by atoms with E-state index in [1.54, 1.807) is 24.3 Å². The van der Waals surface area contributed by atoms with Gasteiger partial charge in [-0.25, -0.2) is 8.78 Å². The fourth-order valence-electron chi connectivity index (χ4n) is 1.32. The zero-order chi connectivity index (χ0) is 12.3. The van der Waals surface area contributed by atoms with Crippen LogP contribution in [0.15, 0.2) is 36.4 Å². The molecule has 0 aromatic heterocycles. The van der Waals surface area contributed by atoms with Gasteiger partial charge in [-0.1, -0.05) is 23.7 Å². The van der Waals surface area contributed by atoms with Gasteiger partial charge in [0.2, 0.25) is 0 Å². The lowest BCUT2D eigenvalue weighted by Crippen LogP contribution is -2.02. The first-order valence-electron chi connectivity index (χ1n) is 4.90. The minimum Gasteiger partial charge on any atom is -0.489 e. The van der Waals surface area contributed by atoms with Crippen molar-refractivity contribution in [3.63, 3.8) is 0 Å². The molecule has 0 aliphatic heterocycles. The van der Waals surface area contributed by atoms with E-state index in [1.807, 2.05) is 0 Å². The number of rotatable bonds is 3. The molecule has 0 saturated heterocycles. The largest absolute Gasteiger partial charge is 0.489 e. The Labute approximate surface area is 103 Å². The van der Waals surface area contributed by atoms with Crippen LogP contribution in [0, 0.1) is 17.7 Å². The summed E-state index contributed by atoms with van der Waals surface area (Å²) >= 11 is 5.56. The number of benzene rings is 2. The Morgan fingerprint density at radius 1 is 1.24 bits per heavy atom. The summed E-state index contributed by atoms with van der Waals surface area (Å²) in [5.74, 6) is -0.968. The van der Waals surface area contributed by atoms with Crippen molar-refractivity contribution >= 4 is 11.6 Å². The summed E-state index contributed by atoms with van der Waals surface area (Å²) in [7, 11) is 0. The van der Waals surface area contributed by atoms with Crippen LogP contribution in [0.1, 0.15) is 5.56 Å². The Morgan fingerprint density at radius 2 is 2.06 bits per heavy atom. The number of hydrogen-bond donors (Lipinski definition) is 0. The first kappa shape index (κ1) is 11.9. The Bertz CT molecular complexity index is 514. The Balaban J connectivity index is 2.17. The second-order valence-electron chi connectivity index (χ2n) is 3.35. The van der Waals surface area contributed by atoms with Gasteiger partial charge in [-0.05, 0) is 30.3 Å². The van der Waals surface area contributed by atoms with Gasteiger partial charge in [-0.3, -0.25) is 0 Å². The van der Waals surface area contributed by atoms with Crippen molar-refractivity contribution in [2.75, 3.05) is 0 Å². The van der Waals surface area contributed by atoms with Crippen molar-refractivity contribution in [1.29, 1.82) is 0 Å². The molecule has 0 bridgehead atoms. The molecule has 0 fully saturated rings. The molecule has 2 aromatic rings. The zero-order valence-corrected chi connectivity index (χ0v) is 9.47. The third-order valence-corrected chi connectivity index (χ3v) is 2.49. The van der Waals surface area contributed by atoms with Crippen molar-refractivity contribution < 1.29 is 13.5 Å². The molecule has 1 radical (unpaired) electrons. The molecule has 0 aliphatic carbocycles. The molecule has 0 aliphatic rings. The van der Waals surface area contributed by atoms with E-state index in [9.17, 15) is 8.78 Å². The van der Waals surface area contributed by atoms with E-state index >= 15 is 0 Å². The molecule has 4 heteroatoms. The average molecular weight is 254 g/mol. The highest BCUT2D eigenvalue weighted by atomic mass is 35.5. The average Bonchev–Trinajstić information content (AvgIpc) is 2.35. The van der Waals surface area contributed by atoms with E-state index in [2.05, 4.69) is 6.07 Å². The van der Waals surface area contributed by atoms with E-state index in [1.165, 1.54) is 6.07 Å². The van der Waals surface area contributed by atoms with Gasteiger partial charge in [-0.15, -0.1) is 0 Å². The van der Waals surface area contributed by atoms with Gasteiger partial charge in [0.05, 0.1) is 10.6 Å². The number of halogens is 3. The molecule has 87 valence electrons. The van der Waals surface area contributed by atoms with Crippen molar-refractivity contribution in [2.45, 2.75) is 6.61 Å². The third-order valence-electron chi connectivity index (χ3n) is 2.20. The van der Waals surface area contributed by atoms with Gasteiger partial charge in [0.1, 0.15) is 18.2 Å². The first-order chi connectivity index (χ1) is 8.18. The molecule has 0 saturated carbocycles. The van der Waals surface area contributed by atoms with E-state index in [-0.39, 0.29) is 17.2 Å². The van der Waals surface area contributed by atoms with Crippen LogP contribution in [-0.2, 0) is 6.61 Å². The maximum Gasteiger partial charge on any atom is 0.151 e. The van der Waals surface area contributed by atoms with Crippen LogP contribution in [0.3, 0.4) is 0 Å². The molecule has 0 atom stereocenters. The standard InChI is InChI=1S/C13H8ClF2O/c14-11-6-7-12(15)10(13(11)16)8-17-9-4-2-1-3-5-9/h1-2,4-7H,8H2. The first-order valence-corrected chi connectivity index (χ1v) is 5.27. The predicted molar refractivity (Wildman–Crippen MR) is 61.0 cm³/mol. The molecular weight excluding hydrogens is 246 g/mol. The summed E-state index contributed by atoms with van der Waals surface area (Å²) in [6.07, 6.45) is 0. The van der Waals surface area contributed by atoms with Crippen molar-refractivity contribution in [3.8, 4) is 5.75 Å². The lowest BCUT2D eigenvalue weighted by Gasteiger charge is -2.08. The summed E-state index contributed by atoms with van der Waals surface area (Å²) in [4.78, 5) is 0. The van der Waals surface area contributed by atoms with E-state index in [0.717, 1.165) is 6.07 Å². The molecule has 17 heavy (non-hydrogen) atoms. The van der Waals surface area contributed by atoms with Crippen molar-refractivity contribution in [2.24, 2.45) is 0 Å². The fourth-order valence-corrected chi connectivity index (χ4v) is 1.50. The maximum atomic E-state index is 13.5. The summed E-state index contributed by atoms with van der Waals surface area (Å²) in [5, 5.41) is -0.121. The second kappa shape index (κ2) is 5.15. The van der Waals surface area contributed by atoms with Crippen LogP contribution in [-0.4, -0.2) is 0 Å². The van der Waals surface area contributed by atoms with Gasteiger partial charge in [0, 0.05) is 0 Å². The quantitative estimate of drug-likeness (QED) is 0.752. The topological polar surface area (TPSA) is 9.23 Å². The van der Waals surface area contributed by atoms with Crippen LogP contribution in [0.25, 0.3) is 0 Å². The van der Waals surface area contributed by atoms with Gasteiger partial charge in [0.15, 0.2) is 5.82 Å². The summed E-state index contributed by atoms with van der Waals surface area (Å²) in [6.45, 7) is -0.212. The highest BCUT2D eigenvalue weighted by molar-refractivity contribution is 6.30. The minimum absolute atomic E-state index is 0.121. The molecular formula is C13H8ClF2O. The van der Waals surface area contributed by atoms with Gasteiger partial charge in [0.25, 0.3) is 0 Å². The Hall–Kier alpha value is -1.61. The third kappa shape index (κ3) is 2.74. The smallest absolute Gasteiger partial charge is 0.151 e. The van der Waals surface area contributed by atoms with Crippen LogP contribution in [0.4, 0.5) is 8.78 Å². The highest BCUT2D eigenvalue weighted by Crippen LogP contribution is 2.22. The van der Waals surface area contributed by atoms with E-state index < -0.39 is 11.6 Å². The Morgan fingerprint density at radius 3 is 2.76 bits per heavy atom. The lowest BCUT2D eigenvalue weighted by atomic mass is 10.2. The maximum absolute atomic E-state index is 13.5. The van der Waals surface area contributed by atoms with Gasteiger partial charge >= 0.3 is 0 Å². The lowest BCUT2D eigenvalue weighted by molar-refractivity contribution is 0.292. The molecule has 1 nitrogen and oxygen atoms in total. The van der Waals surface area contributed by atoms with Crippen molar-refractivity contribution in [1.82, 2.24) is 0 Å². The molecule has 0 N–H and O–H groups in total. The fraction of sp³-hybridized carbons (Fsp3) is 0.0769. The van der Waals surface area contributed by atoms with Crippen LogP contribution < -0.4 is 4.74 Å². The monoisotopic (exact) mass is 253 g/mol. The summed E-state index contributed by atoms with van der Waals surface area (Å²) in [5.41, 5.74) is -0.179. The molecule has 0 spiro atoms. The molecule has 2 aromatic carbocycles. The summed E-state index contributed by atoms with van der Waals surface area (Å²) < 4.78 is 32.1. The molecule has 0 heterocycles. The second-order valence-corrected chi connectivity index (χ2v) is 3.76. The zero-order valence-electron chi connectivity index (χ0n) is 8.71. The molecule has 2 rings (SSSR count). The number of hydrogen-bond acceptors (Lipinski definition) is 1. The normalized spacial score (nSPS) is 10.3.